The highest BCUT2D eigenvalue weighted by Crippen LogP contribution is 1.96. The summed E-state index contributed by atoms with van der Waals surface area (Å²) >= 11 is 0. The molecule has 1 aromatic rings. The quantitative estimate of drug-likeness (QED) is 0.699. The molecule has 16 heavy (non-hydrogen) atoms. The number of ether oxygens (including phenoxy) is 1. The molecular formula is C11H12N2O3. The highest BCUT2D eigenvalue weighted by Gasteiger charge is 2.03. The Labute approximate surface area is 92.9 Å². The average molecular weight is 220 g/mol. The van der Waals surface area contributed by atoms with Gasteiger partial charge in [0.15, 0.2) is 0 Å². The molecule has 0 aromatic carbocycles. The zero-order valence-corrected chi connectivity index (χ0v) is 8.97. The largest absolute Gasteiger partial charge is 0.469 e. The summed E-state index contributed by atoms with van der Waals surface area (Å²) in [5.74, 6) is -0.301. The van der Waals surface area contributed by atoms with Gasteiger partial charge in [-0.1, -0.05) is 0 Å². The fourth-order valence-electron chi connectivity index (χ4n) is 1.29. The molecule has 0 aliphatic rings. The van der Waals surface area contributed by atoms with E-state index in [0.717, 1.165) is 0 Å². The lowest BCUT2D eigenvalue weighted by Crippen LogP contribution is -2.22. The highest BCUT2D eigenvalue weighted by molar-refractivity contribution is 5.68. The topological polar surface area (TPSA) is 72.1 Å². The molecule has 0 amide bonds. The Hall–Kier alpha value is -2.09. The van der Waals surface area contributed by atoms with Gasteiger partial charge in [0.25, 0.3) is 5.56 Å². The third-order valence-electron chi connectivity index (χ3n) is 2.15. The van der Waals surface area contributed by atoms with Gasteiger partial charge in [-0.2, -0.15) is 5.26 Å². The van der Waals surface area contributed by atoms with Crippen LogP contribution in [-0.4, -0.2) is 17.6 Å². The number of carbonyl (C=O) groups excluding carboxylic acids is 1. The minimum atomic E-state index is -0.324. The lowest BCUT2D eigenvalue weighted by atomic mass is 10.2. The van der Waals surface area contributed by atoms with Crippen LogP contribution < -0.4 is 5.56 Å². The number of pyridine rings is 1. The maximum atomic E-state index is 11.6. The first kappa shape index (κ1) is 12.0. The first-order valence-electron chi connectivity index (χ1n) is 4.85. The van der Waals surface area contributed by atoms with Crippen LogP contribution in [0.5, 0.6) is 0 Å². The molecule has 0 saturated heterocycles. The normalized spacial score (nSPS) is 9.50. The summed E-state index contributed by atoms with van der Waals surface area (Å²) in [7, 11) is 1.32. The van der Waals surface area contributed by atoms with Gasteiger partial charge >= 0.3 is 5.97 Å². The molecule has 1 heterocycles. The molecule has 0 radical (unpaired) electrons. The Bertz CT molecular complexity index is 471. The van der Waals surface area contributed by atoms with Crippen LogP contribution in [0.2, 0.25) is 0 Å². The number of esters is 1. The van der Waals surface area contributed by atoms with Gasteiger partial charge in [-0.15, -0.1) is 0 Å². The van der Waals surface area contributed by atoms with E-state index < -0.39 is 0 Å². The second-order valence-corrected chi connectivity index (χ2v) is 3.21. The van der Waals surface area contributed by atoms with Gasteiger partial charge in [-0.3, -0.25) is 9.59 Å². The maximum absolute atomic E-state index is 11.6. The number of hydrogen-bond donors (Lipinski definition) is 0. The van der Waals surface area contributed by atoms with E-state index in [2.05, 4.69) is 4.74 Å². The summed E-state index contributed by atoms with van der Waals surface area (Å²) in [5.41, 5.74) is -0.213. The van der Waals surface area contributed by atoms with Crippen molar-refractivity contribution in [3.63, 3.8) is 0 Å². The predicted molar refractivity (Wildman–Crippen MR) is 56.7 cm³/mol. The molecule has 5 heteroatoms. The molecular weight excluding hydrogens is 208 g/mol. The van der Waals surface area contributed by atoms with Crippen LogP contribution in [0.1, 0.15) is 18.4 Å². The second-order valence-electron chi connectivity index (χ2n) is 3.21. The molecule has 0 spiro atoms. The van der Waals surface area contributed by atoms with Crippen molar-refractivity contribution >= 4 is 5.97 Å². The van der Waals surface area contributed by atoms with E-state index in [-0.39, 0.29) is 23.5 Å². The van der Waals surface area contributed by atoms with Gasteiger partial charge in [0.05, 0.1) is 7.11 Å². The van der Waals surface area contributed by atoms with E-state index in [0.29, 0.717) is 13.0 Å². The number of nitrogens with zero attached hydrogens (tertiary/aromatic N) is 2. The van der Waals surface area contributed by atoms with Crippen molar-refractivity contribution < 1.29 is 9.53 Å². The molecule has 0 unspecified atom stereocenters. The van der Waals surface area contributed by atoms with Gasteiger partial charge < -0.3 is 9.30 Å². The van der Waals surface area contributed by atoms with E-state index >= 15 is 0 Å². The van der Waals surface area contributed by atoms with Gasteiger partial charge in [0.2, 0.25) is 0 Å². The molecule has 0 fully saturated rings. The summed E-state index contributed by atoms with van der Waals surface area (Å²) in [6.07, 6.45) is 2.38. The first-order chi connectivity index (χ1) is 7.69. The number of hydrogen-bond acceptors (Lipinski definition) is 4. The van der Waals surface area contributed by atoms with Gasteiger partial charge in [0.1, 0.15) is 11.6 Å². The van der Waals surface area contributed by atoms with Crippen molar-refractivity contribution in [2.45, 2.75) is 19.4 Å². The van der Waals surface area contributed by atoms with E-state index in [1.165, 1.54) is 17.7 Å². The molecule has 84 valence electrons. The Balaban J connectivity index is 2.65. The monoisotopic (exact) mass is 220 g/mol. The lowest BCUT2D eigenvalue weighted by Gasteiger charge is -2.04. The zero-order chi connectivity index (χ0) is 12.0. The van der Waals surface area contributed by atoms with Crippen molar-refractivity contribution in [1.82, 2.24) is 4.57 Å². The van der Waals surface area contributed by atoms with Gasteiger partial charge in [0, 0.05) is 19.2 Å². The second kappa shape index (κ2) is 5.71. The number of carbonyl (C=O) groups is 1. The number of rotatable bonds is 4. The SMILES string of the molecule is COC(=O)CCCn1cccc(C#N)c1=O. The van der Waals surface area contributed by atoms with Crippen LogP contribution >= 0.6 is 0 Å². The van der Waals surface area contributed by atoms with Gasteiger partial charge in [-0.25, -0.2) is 0 Å². The van der Waals surface area contributed by atoms with Crippen molar-refractivity contribution in [2.75, 3.05) is 7.11 Å². The Morgan fingerprint density at radius 1 is 1.62 bits per heavy atom. The summed E-state index contributed by atoms with van der Waals surface area (Å²) in [5, 5.41) is 8.66. The van der Waals surface area contributed by atoms with Crippen LogP contribution in [0.15, 0.2) is 23.1 Å². The van der Waals surface area contributed by atoms with Crippen molar-refractivity contribution in [3.8, 4) is 6.07 Å². The summed E-state index contributed by atoms with van der Waals surface area (Å²) in [6.45, 7) is 0.406. The van der Waals surface area contributed by atoms with Crippen LogP contribution in [0, 0.1) is 11.3 Å². The molecule has 5 nitrogen and oxygen atoms in total. The summed E-state index contributed by atoms with van der Waals surface area (Å²) in [6, 6.07) is 4.93. The molecule has 0 aliphatic carbocycles. The number of aromatic nitrogens is 1. The average Bonchev–Trinajstić information content (AvgIpc) is 2.31. The molecule has 0 aliphatic heterocycles. The van der Waals surface area contributed by atoms with Crippen molar-refractivity contribution in [1.29, 1.82) is 5.26 Å². The number of nitriles is 1. The Kier molecular flexibility index (Phi) is 4.28. The highest BCUT2D eigenvalue weighted by atomic mass is 16.5. The van der Waals surface area contributed by atoms with Crippen molar-refractivity contribution in [3.05, 3.63) is 34.2 Å². The third kappa shape index (κ3) is 2.95. The maximum Gasteiger partial charge on any atom is 0.305 e. The van der Waals surface area contributed by atoms with Gasteiger partial charge in [-0.05, 0) is 18.6 Å². The Morgan fingerprint density at radius 3 is 3.00 bits per heavy atom. The van der Waals surface area contributed by atoms with E-state index in [4.69, 9.17) is 5.26 Å². The van der Waals surface area contributed by atoms with E-state index in [9.17, 15) is 9.59 Å². The molecule has 1 aromatic heterocycles. The molecule has 0 bridgehead atoms. The van der Waals surface area contributed by atoms with Crippen LogP contribution in [0.25, 0.3) is 0 Å². The molecule has 0 atom stereocenters. The first-order valence-corrected chi connectivity index (χ1v) is 4.85. The fraction of sp³-hybridized carbons (Fsp3) is 0.364. The predicted octanol–water partition coefficient (Wildman–Crippen LogP) is 0.673. The zero-order valence-electron chi connectivity index (χ0n) is 8.97. The molecule has 0 N–H and O–H groups in total. The Morgan fingerprint density at radius 2 is 2.38 bits per heavy atom. The van der Waals surface area contributed by atoms with Crippen LogP contribution in [0.4, 0.5) is 0 Å². The fourth-order valence-corrected chi connectivity index (χ4v) is 1.29. The third-order valence-corrected chi connectivity index (χ3v) is 2.15. The minimum absolute atomic E-state index is 0.112. The standard InChI is InChI=1S/C11H12N2O3/c1-16-10(14)5-3-7-13-6-2-4-9(8-12)11(13)15/h2,4,6H,3,5,7H2,1H3. The lowest BCUT2D eigenvalue weighted by molar-refractivity contribution is -0.140. The molecule has 0 saturated carbocycles. The number of methoxy groups -OCH3 is 1. The number of aryl methyl sites for hydroxylation is 1. The smallest absolute Gasteiger partial charge is 0.305 e. The minimum Gasteiger partial charge on any atom is -0.469 e. The summed E-state index contributed by atoms with van der Waals surface area (Å²) in [4.78, 5) is 22.4. The van der Waals surface area contributed by atoms with E-state index in [1.807, 2.05) is 6.07 Å². The molecule has 1 rings (SSSR count). The summed E-state index contributed by atoms with van der Waals surface area (Å²) < 4.78 is 5.90. The van der Waals surface area contributed by atoms with E-state index in [1.54, 1.807) is 12.3 Å². The van der Waals surface area contributed by atoms with Crippen molar-refractivity contribution in [2.24, 2.45) is 0 Å². The van der Waals surface area contributed by atoms with Crippen LogP contribution in [-0.2, 0) is 16.1 Å². The van der Waals surface area contributed by atoms with Crippen LogP contribution in [0.3, 0.4) is 0 Å².